The molecule has 5 N–H and O–H groups in total. The van der Waals surface area contributed by atoms with Gasteiger partial charge in [0.05, 0.1) is 21.6 Å². The summed E-state index contributed by atoms with van der Waals surface area (Å²) in [5, 5.41) is 27.5. The van der Waals surface area contributed by atoms with Crippen molar-refractivity contribution in [2.24, 2.45) is 4.99 Å². The molecule has 3 aromatic heterocycles. The SMILES string of the molecule is CN1CCN=C1c1ccc(C(=O)Cc2ccc(Cl)cc2C(=O)Nc2ccc(Cl)cn2)cc1.N=C(c1ccc(C(=O)Cc2ccc(Cl)cc2C(=O)Nc2ccc(Cl)cn2)cc1)N1CCCC1.N=C(c1ccc(C(=O)Cc2ccc(Cl)cc2C(=O)Nc2ccc(Cl)cn2)cc1)N1CCCCC1. The van der Waals surface area contributed by atoms with Crippen LogP contribution in [0.3, 0.4) is 0 Å². The first-order valence-corrected chi connectivity index (χ1v) is 34.0. The Labute approximate surface area is 602 Å². The molecular weight excluding hydrogens is 1380 g/mol. The number of aliphatic imine (C=N–C) groups is 1. The van der Waals surface area contributed by atoms with E-state index in [0.717, 1.165) is 87.5 Å². The number of benzene rings is 6. The number of likely N-dealkylation sites (N-methyl/N-ethyl adjacent to an activating group) is 1. The quantitative estimate of drug-likeness (QED) is 0.0306. The molecule has 0 aliphatic carbocycles. The van der Waals surface area contributed by atoms with Gasteiger partial charge >= 0.3 is 0 Å². The Morgan fingerprint density at radius 2 is 0.687 bits per heavy atom. The number of hydrogen-bond acceptors (Lipinski definition) is 13. The predicted octanol–water partition coefficient (Wildman–Crippen LogP) is 16.1. The summed E-state index contributed by atoms with van der Waals surface area (Å²) >= 11 is 35.9. The van der Waals surface area contributed by atoms with Crippen molar-refractivity contribution in [2.45, 2.75) is 51.4 Å². The molecule has 12 rings (SSSR count). The van der Waals surface area contributed by atoms with Crippen molar-refractivity contribution in [3.05, 3.63) is 279 Å². The third-order valence-corrected chi connectivity index (χ3v) is 17.9. The van der Waals surface area contributed by atoms with Crippen molar-refractivity contribution in [3.8, 4) is 0 Å². The van der Waals surface area contributed by atoms with Gasteiger partial charge in [0, 0.05) is 143 Å². The first kappa shape index (κ1) is 72.1. The highest BCUT2D eigenvalue weighted by Crippen LogP contribution is 2.26. The number of ketones is 3. The fourth-order valence-corrected chi connectivity index (χ4v) is 12.0. The number of likely N-dealkylation sites (tertiary alicyclic amines) is 2. The summed E-state index contributed by atoms with van der Waals surface area (Å²) in [4.78, 5) is 100. The Balaban J connectivity index is 0.000000161. The smallest absolute Gasteiger partial charge is 0.257 e. The van der Waals surface area contributed by atoms with Crippen LogP contribution in [0.1, 0.15) is 128 Å². The molecule has 6 aromatic carbocycles. The van der Waals surface area contributed by atoms with E-state index in [2.05, 4.69) is 45.7 Å². The van der Waals surface area contributed by atoms with Crippen LogP contribution in [0.2, 0.25) is 30.1 Å². The van der Waals surface area contributed by atoms with Gasteiger partial charge in [0.15, 0.2) is 17.3 Å². The van der Waals surface area contributed by atoms with Crippen molar-refractivity contribution in [3.63, 3.8) is 0 Å². The minimum absolute atomic E-state index is 0.0386. The summed E-state index contributed by atoms with van der Waals surface area (Å²) in [6, 6.07) is 45.9. The van der Waals surface area contributed by atoms with E-state index >= 15 is 0 Å². The molecule has 0 radical (unpaired) electrons. The summed E-state index contributed by atoms with van der Waals surface area (Å²) in [6.07, 6.45) is 10.1. The molecule has 6 heterocycles. The zero-order valence-electron chi connectivity index (χ0n) is 53.6. The molecule has 9 aromatic rings. The molecule has 24 heteroatoms. The average molecular weight is 1440 g/mol. The molecule has 99 heavy (non-hydrogen) atoms. The van der Waals surface area contributed by atoms with Gasteiger partial charge in [-0.3, -0.25) is 44.6 Å². The first-order valence-electron chi connectivity index (χ1n) is 31.7. The molecule has 0 saturated carbocycles. The number of Topliss-reactive ketones (excluding diaryl/α,β-unsaturated/α-hetero) is 3. The lowest BCUT2D eigenvalue weighted by molar-refractivity contribution is 0.0980. The van der Waals surface area contributed by atoms with Crippen LogP contribution < -0.4 is 16.0 Å². The van der Waals surface area contributed by atoms with E-state index in [-0.39, 0.29) is 36.6 Å². The van der Waals surface area contributed by atoms with Gasteiger partial charge in [-0.25, -0.2) is 15.0 Å². The first-order chi connectivity index (χ1) is 47.7. The number of amidine groups is 3. The Hall–Kier alpha value is -9.66. The topological polar surface area (TPSA) is 247 Å². The number of piperidine rings is 1. The van der Waals surface area contributed by atoms with Crippen molar-refractivity contribution in [1.29, 1.82) is 10.8 Å². The van der Waals surface area contributed by atoms with E-state index < -0.39 is 17.7 Å². The number of nitrogens with one attached hydrogen (secondary N) is 5. The third-order valence-electron chi connectivity index (χ3n) is 16.5. The highest BCUT2D eigenvalue weighted by atomic mass is 35.5. The van der Waals surface area contributed by atoms with Crippen molar-refractivity contribution >= 4 is 140 Å². The monoisotopic (exact) mass is 1440 g/mol. The molecule has 2 saturated heterocycles. The molecule has 18 nitrogen and oxygen atoms in total. The van der Waals surface area contributed by atoms with Gasteiger partial charge in [0.1, 0.15) is 35.0 Å². The van der Waals surface area contributed by atoms with Crippen LogP contribution in [-0.2, 0) is 19.3 Å². The highest BCUT2D eigenvalue weighted by molar-refractivity contribution is 6.33. The molecule has 3 aliphatic heterocycles. The van der Waals surface area contributed by atoms with Crippen molar-refractivity contribution < 1.29 is 28.8 Å². The minimum Gasteiger partial charge on any atom is -0.358 e. The number of carbonyl (C=O) groups excluding carboxylic acids is 6. The second-order valence-electron chi connectivity index (χ2n) is 23.4. The van der Waals surface area contributed by atoms with E-state index in [1.165, 1.54) is 31.1 Å². The molecule has 0 spiro atoms. The number of carbonyl (C=O) groups is 6. The lowest BCUT2D eigenvalue weighted by Gasteiger charge is -2.29. The molecule has 504 valence electrons. The van der Waals surface area contributed by atoms with E-state index in [1.54, 1.807) is 133 Å². The molecule has 0 unspecified atom stereocenters. The van der Waals surface area contributed by atoms with Gasteiger partial charge in [-0.05, 0) is 122 Å². The number of amides is 3. The summed E-state index contributed by atoms with van der Waals surface area (Å²) in [7, 11) is 2.00. The van der Waals surface area contributed by atoms with Gasteiger partial charge in [-0.2, -0.15) is 0 Å². The fourth-order valence-electron chi connectivity index (χ4n) is 11.2. The molecule has 3 aliphatic rings. The number of halogens is 6. The van der Waals surface area contributed by atoms with Gasteiger partial charge in [0.25, 0.3) is 17.7 Å². The van der Waals surface area contributed by atoms with Crippen LogP contribution in [-0.4, -0.2) is 129 Å². The Kier molecular flexibility index (Phi) is 24.9. The van der Waals surface area contributed by atoms with Crippen LogP contribution in [0, 0.1) is 10.8 Å². The van der Waals surface area contributed by atoms with Gasteiger partial charge in [-0.1, -0.05) is 161 Å². The second-order valence-corrected chi connectivity index (χ2v) is 26.1. The standard InChI is InChI=1S/C26H24Cl2N4O2.C25H22Cl2N4O2.C24H20Cl2N4O2/c27-20-9-8-19(22(15-20)26(34)31-24-11-10-21(28)16-30-24)14-23(33)17-4-6-18(7-5-17)25(29)32-12-2-1-3-13-32;26-19-8-7-18(21(14-19)25(33)30-23-10-9-20(27)15-29-23)13-22(32)16-3-5-17(6-4-16)24(28)31-11-1-2-12-31;1-30-11-10-27-23(30)16-4-2-15(3-5-16)21(31)12-17-6-7-18(25)13-20(17)24(32)29-22-9-8-19(26)14-28-22/h4-11,15-16,29H,1-3,12-14H2,(H,30,31,34);3-10,14-15,28H,1-2,11-13H2,(H,29,30,33);2-9,13-14H,10-12H2,1H3,(H,28,29,32). The van der Waals surface area contributed by atoms with Crippen LogP contribution in [0.15, 0.2) is 187 Å². The number of anilines is 3. The van der Waals surface area contributed by atoms with E-state index in [0.29, 0.717) is 109 Å². The second kappa shape index (κ2) is 34.2. The Bertz CT molecular complexity index is 4490. The summed E-state index contributed by atoms with van der Waals surface area (Å²) < 4.78 is 0. The zero-order chi connectivity index (χ0) is 70.1. The summed E-state index contributed by atoms with van der Waals surface area (Å²) in [5.74, 6) is 1.37. The summed E-state index contributed by atoms with van der Waals surface area (Å²) in [6.45, 7) is 5.25. The van der Waals surface area contributed by atoms with Gasteiger partial charge < -0.3 is 30.7 Å². The van der Waals surface area contributed by atoms with Crippen LogP contribution in [0.25, 0.3) is 0 Å². The maximum atomic E-state index is 13.0. The van der Waals surface area contributed by atoms with Gasteiger partial charge in [0.2, 0.25) is 0 Å². The van der Waals surface area contributed by atoms with E-state index in [4.69, 9.17) is 80.4 Å². The normalized spacial score (nSPS) is 13.2. The lowest BCUT2D eigenvalue weighted by Crippen LogP contribution is -2.35. The van der Waals surface area contributed by atoms with Gasteiger partial charge in [-0.15, -0.1) is 0 Å². The molecule has 3 amide bonds. The highest BCUT2D eigenvalue weighted by Gasteiger charge is 2.24. The number of hydrogen-bond donors (Lipinski definition) is 5. The van der Waals surface area contributed by atoms with E-state index in [9.17, 15) is 28.8 Å². The number of aromatic nitrogens is 3. The Morgan fingerprint density at radius 3 is 0.990 bits per heavy atom. The zero-order valence-corrected chi connectivity index (χ0v) is 58.1. The van der Waals surface area contributed by atoms with Crippen molar-refractivity contribution in [2.75, 3.05) is 62.3 Å². The van der Waals surface area contributed by atoms with Crippen LogP contribution >= 0.6 is 69.6 Å². The van der Waals surface area contributed by atoms with Crippen LogP contribution in [0.5, 0.6) is 0 Å². The maximum absolute atomic E-state index is 13.0. The van der Waals surface area contributed by atoms with Crippen molar-refractivity contribution in [1.82, 2.24) is 29.7 Å². The number of nitrogens with zero attached hydrogens (tertiary/aromatic N) is 7. The molecule has 0 bridgehead atoms. The molecule has 0 atom stereocenters. The molecular formula is C75H66Cl6N12O6. The predicted molar refractivity (Wildman–Crippen MR) is 393 cm³/mol. The average Bonchev–Trinajstić information content (AvgIpc) is 1.81. The third kappa shape index (κ3) is 19.8. The fraction of sp³-hybridized carbons (Fsp3) is 0.200. The summed E-state index contributed by atoms with van der Waals surface area (Å²) in [5.41, 5.74) is 6.80. The number of rotatable bonds is 18. The minimum atomic E-state index is -0.412. The molecule has 2 fully saturated rings. The Morgan fingerprint density at radius 1 is 0.384 bits per heavy atom. The van der Waals surface area contributed by atoms with Crippen LogP contribution in [0.4, 0.5) is 17.5 Å². The number of pyridine rings is 3. The lowest BCUT2D eigenvalue weighted by atomic mass is 9.97. The maximum Gasteiger partial charge on any atom is 0.257 e. The largest absolute Gasteiger partial charge is 0.358 e. The van der Waals surface area contributed by atoms with E-state index in [1.807, 2.05) is 36.2 Å².